The molecular weight excluding hydrogens is 502 g/mol. The Kier molecular flexibility index (Phi) is 7.65. The monoisotopic (exact) mass is 528 g/mol. The maximum absolute atomic E-state index is 13.3. The minimum absolute atomic E-state index is 0.0564. The Bertz CT molecular complexity index is 1110. The van der Waals surface area contributed by atoms with E-state index >= 15 is 0 Å². The van der Waals surface area contributed by atoms with Crippen molar-refractivity contribution in [3.05, 3.63) is 53.9 Å². The summed E-state index contributed by atoms with van der Waals surface area (Å²) in [5.41, 5.74) is -1.88. The van der Waals surface area contributed by atoms with Crippen LogP contribution in [0, 0.1) is 5.92 Å². The van der Waals surface area contributed by atoms with Gasteiger partial charge in [-0.3, -0.25) is 9.69 Å². The fraction of sp³-hybridized carbons (Fsp3) is 0.480. The molecule has 1 aromatic carbocycles. The summed E-state index contributed by atoms with van der Waals surface area (Å²) < 4.78 is 77.8. The zero-order valence-corrected chi connectivity index (χ0v) is 19.8. The Hall–Kier alpha value is -3.31. The van der Waals surface area contributed by atoms with Crippen LogP contribution in [0.15, 0.2) is 42.6 Å². The van der Waals surface area contributed by atoms with Gasteiger partial charge in [-0.1, -0.05) is 38.2 Å². The van der Waals surface area contributed by atoms with E-state index in [-0.39, 0.29) is 24.0 Å². The molecule has 0 unspecified atom stereocenters. The molecule has 1 saturated carbocycles. The molecule has 4 rings (SSSR count). The summed E-state index contributed by atoms with van der Waals surface area (Å²) in [5.74, 6) is -0.333. The van der Waals surface area contributed by atoms with E-state index in [4.69, 9.17) is 0 Å². The van der Waals surface area contributed by atoms with E-state index in [1.807, 2.05) is 0 Å². The number of nitrogens with zero attached hydrogens (tertiary/aromatic N) is 3. The van der Waals surface area contributed by atoms with E-state index in [9.17, 15) is 35.9 Å². The lowest BCUT2D eigenvalue weighted by molar-refractivity contribution is -0.141. The van der Waals surface area contributed by atoms with Crippen molar-refractivity contribution in [2.24, 2.45) is 5.92 Å². The first kappa shape index (κ1) is 26.7. The van der Waals surface area contributed by atoms with Gasteiger partial charge in [0.05, 0.1) is 23.5 Å². The third-order valence-electron chi connectivity index (χ3n) is 6.78. The summed E-state index contributed by atoms with van der Waals surface area (Å²) in [6.07, 6.45) is -2.38. The molecule has 1 aliphatic carbocycles. The first-order valence-corrected chi connectivity index (χ1v) is 12.0. The standard InChI is InChI=1S/C25H26F6N4O2/c26-24(27,28)17-7-4-8-18(12-17)33-22(36)15-35-20(11-16-5-2-1-3-6-16)14-34(23(35)37)19-9-10-21(32-13-19)25(29,30)31/h4,7-10,12-13,16,20H,1-3,5-6,11,14-15H2,(H,33,36)/t20-/m0/s1. The molecule has 6 nitrogen and oxygen atoms in total. The fourth-order valence-electron chi connectivity index (χ4n) is 4.96. The summed E-state index contributed by atoms with van der Waals surface area (Å²) in [7, 11) is 0. The SMILES string of the molecule is O=C(CN1C(=O)N(c2ccc(C(F)(F)F)nc2)C[C@@H]1CC1CCCCC1)Nc1cccc(C(F)(F)F)c1. The van der Waals surface area contributed by atoms with E-state index in [1.165, 1.54) is 21.9 Å². The van der Waals surface area contributed by atoms with E-state index in [0.29, 0.717) is 12.3 Å². The molecule has 2 heterocycles. The molecule has 1 atom stereocenters. The summed E-state index contributed by atoms with van der Waals surface area (Å²) in [5, 5.41) is 2.42. The average Bonchev–Trinajstić information content (AvgIpc) is 3.13. The van der Waals surface area contributed by atoms with Gasteiger partial charge in [0.15, 0.2) is 0 Å². The van der Waals surface area contributed by atoms with Crippen molar-refractivity contribution in [2.75, 3.05) is 23.3 Å². The highest BCUT2D eigenvalue weighted by molar-refractivity contribution is 5.99. The summed E-state index contributed by atoms with van der Waals surface area (Å²) in [4.78, 5) is 32.1. The van der Waals surface area contributed by atoms with Gasteiger partial charge in [0.1, 0.15) is 12.2 Å². The topological polar surface area (TPSA) is 65.5 Å². The van der Waals surface area contributed by atoms with Crippen molar-refractivity contribution >= 4 is 23.3 Å². The van der Waals surface area contributed by atoms with E-state index in [2.05, 4.69) is 10.3 Å². The number of carbonyl (C=O) groups excluding carboxylic acids is 2. The molecule has 2 aromatic rings. The first-order valence-electron chi connectivity index (χ1n) is 12.0. The number of urea groups is 1. The zero-order chi connectivity index (χ0) is 26.8. The molecule has 37 heavy (non-hydrogen) atoms. The molecule has 0 spiro atoms. The Morgan fingerprint density at radius 3 is 2.35 bits per heavy atom. The molecule has 1 aliphatic heterocycles. The Balaban J connectivity index is 1.51. The smallest absolute Gasteiger partial charge is 0.325 e. The molecule has 0 bridgehead atoms. The highest BCUT2D eigenvalue weighted by Gasteiger charge is 2.41. The van der Waals surface area contributed by atoms with Crippen molar-refractivity contribution in [1.29, 1.82) is 0 Å². The van der Waals surface area contributed by atoms with E-state index in [0.717, 1.165) is 62.6 Å². The number of amides is 3. The minimum atomic E-state index is -4.62. The summed E-state index contributed by atoms with van der Waals surface area (Å²) in [6, 6.07) is 5.19. The number of carbonyl (C=O) groups is 2. The normalized spacial score (nSPS) is 19.4. The van der Waals surface area contributed by atoms with Crippen LogP contribution in [0.2, 0.25) is 0 Å². The van der Waals surface area contributed by atoms with Crippen LogP contribution in [0.1, 0.15) is 49.8 Å². The van der Waals surface area contributed by atoms with Crippen LogP contribution in [0.3, 0.4) is 0 Å². The van der Waals surface area contributed by atoms with Crippen molar-refractivity contribution in [3.8, 4) is 0 Å². The Morgan fingerprint density at radius 1 is 1.00 bits per heavy atom. The van der Waals surface area contributed by atoms with Crippen LogP contribution in [0.25, 0.3) is 0 Å². The van der Waals surface area contributed by atoms with Crippen LogP contribution in [0.4, 0.5) is 42.5 Å². The molecule has 1 aromatic heterocycles. The molecule has 2 fully saturated rings. The number of nitrogens with one attached hydrogen (secondary N) is 1. The lowest BCUT2D eigenvalue weighted by Crippen LogP contribution is -2.41. The minimum Gasteiger partial charge on any atom is -0.325 e. The molecule has 1 saturated heterocycles. The number of benzene rings is 1. The lowest BCUT2D eigenvalue weighted by Gasteiger charge is -2.28. The zero-order valence-electron chi connectivity index (χ0n) is 19.8. The molecule has 2 aliphatic rings. The van der Waals surface area contributed by atoms with Crippen LogP contribution in [0.5, 0.6) is 0 Å². The highest BCUT2D eigenvalue weighted by atomic mass is 19.4. The third kappa shape index (κ3) is 6.53. The largest absolute Gasteiger partial charge is 0.433 e. The maximum atomic E-state index is 13.3. The second-order valence-corrected chi connectivity index (χ2v) is 9.44. The highest BCUT2D eigenvalue weighted by Crippen LogP contribution is 2.34. The third-order valence-corrected chi connectivity index (χ3v) is 6.78. The van der Waals surface area contributed by atoms with Crippen LogP contribution in [-0.4, -0.2) is 41.0 Å². The molecule has 200 valence electrons. The number of pyridine rings is 1. The molecular formula is C25H26F6N4O2. The van der Waals surface area contributed by atoms with Gasteiger partial charge in [-0.05, 0) is 42.7 Å². The van der Waals surface area contributed by atoms with Gasteiger partial charge in [0, 0.05) is 12.2 Å². The van der Waals surface area contributed by atoms with Gasteiger partial charge >= 0.3 is 18.4 Å². The van der Waals surface area contributed by atoms with Gasteiger partial charge < -0.3 is 10.2 Å². The number of alkyl halides is 6. The van der Waals surface area contributed by atoms with Gasteiger partial charge in [0.2, 0.25) is 5.91 Å². The molecule has 12 heteroatoms. The van der Waals surface area contributed by atoms with Gasteiger partial charge in [-0.15, -0.1) is 0 Å². The molecule has 0 radical (unpaired) electrons. The van der Waals surface area contributed by atoms with E-state index < -0.39 is 42.1 Å². The van der Waals surface area contributed by atoms with Gasteiger partial charge in [0.25, 0.3) is 0 Å². The van der Waals surface area contributed by atoms with Crippen LogP contribution in [-0.2, 0) is 17.1 Å². The molecule has 1 N–H and O–H groups in total. The fourth-order valence-corrected chi connectivity index (χ4v) is 4.96. The number of hydrogen-bond donors (Lipinski definition) is 1. The Morgan fingerprint density at radius 2 is 1.73 bits per heavy atom. The predicted octanol–water partition coefficient (Wildman–Crippen LogP) is 6.34. The van der Waals surface area contributed by atoms with Gasteiger partial charge in [-0.2, -0.15) is 26.3 Å². The second kappa shape index (κ2) is 10.6. The predicted molar refractivity (Wildman–Crippen MR) is 124 cm³/mol. The second-order valence-electron chi connectivity index (χ2n) is 9.44. The number of halogens is 6. The summed E-state index contributed by atoms with van der Waals surface area (Å²) >= 11 is 0. The Labute approximate surface area is 209 Å². The van der Waals surface area contributed by atoms with E-state index in [1.54, 1.807) is 0 Å². The first-order chi connectivity index (χ1) is 17.4. The van der Waals surface area contributed by atoms with Crippen LogP contribution < -0.4 is 10.2 Å². The van der Waals surface area contributed by atoms with Crippen molar-refractivity contribution in [3.63, 3.8) is 0 Å². The number of aromatic nitrogens is 1. The number of rotatable bonds is 6. The van der Waals surface area contributed by atoms with Crippen LogP contribution >= 0.6 is 0 Å². The van der Waals surface area contributed by atoms with Crippen molar-refractivity contribution in [1.82, 2.24) is 9.88 Å². The molecule has 3 amide bonds. The van der Waals surface area contributed by atoms with Gasteiger partial charge in [-0.25, -0.2) is 9.78 Å². The lowest BCUT2D eigenvalue weighted by atomic mass is 9.84. The summed E-state index contributed by atoms with van der Waals surface area (Å²) in [6.45, 7) is -0.240. The van der Waals surface area contributed by atoms with Crippen molar-refractivity contribution < 1.29 is 35.9 Å². The number of anilines is 2. The van der Waals surface area contributed by atoms with Crippen molar-refractivity contribution in [2.45, 2.75) is 56.9 Å². The average molecular weight is 528 g/mol. The quantitative estimate of drug-likeness (QED) is 0.445. The number of hydrogen-bond acceptors (Lipinski definition) is 3. The maximum Gasteiger partial charge on any atom is 0.433 e.